The molecule has 0 aromatic carbocycles. The number of carbonyl (C=O) groups excluding carboxylic acids is 1. The third kappa shape index (κ3) is 3.39. The SMILES string of the molecule is NC1(CC(=O)NCC2CCSCC2)CCC1. The van der Waals surface area contributed by atoms with Crippen molar-refractivity contribution in [3.05, 3.63) is 0 Å². The lowest BCUT2D eigenvalue weighted by molar-refractivity contribution is -0.123. The van der Waals surface area contributed by atoms with Crippen LogP contribution in [0.15, 0.2) is 0 Å². The van der Waals surface area contributed by atoms with Crippen molar-refractivity contribution in [3.63, 3.8) is 0 Å². The van der Waals surface area contributed by atoms with Crippen LogP contribution >= 0.6 is 11.8 Å². The van der Waals surface area contributed by atoms with Crippen LogP contribution in [0, 0.1) is 5.92 Å². The predicted octanol–water partition coefficient (Wildman–Crippen LogP) is 1.52. The molecule has 0 atom stereocenters. The topological polar surface area (TPSA) is 55.1 Å². The molecular weight excluding hydrogens is 220 g/mol. The van der Waals surface area contributed by atoms with Crippen LogP contribution in [0.4, 0.5) is 0 Å². The van der Waals surface area contributed by atoms with Crippen molar-refractivity contribution < 1.29 is 4.79 Å². The number of hydrogen-bond acceptors (Lipinski definition) is 3. The van der Waals surface area contributed by atoms with Crippen molar-refractivity contribution in [2.75, 3.05) is 18.1 Å². The molecule has 1 saturated heterocycles. The Kier molecular flexibility index (Phi) is 4.14. The van der Waals surface area contributed by atoms with Gasteiger partial charge in [-0.05, 0) is 49.5 Å². The summed E-state index contributed by atoms with van der Waals surface area (Å²) in [5, 5.41) is 3.05. The first kappa shape index (κ1) is 12.2. The molecule has 3 nitrogen and oxygen atoms in total. The van der Waals surface area contributed by atoms with Gasteiger partial charge in [-0.25, -0.2) is 0 Å². The Bertz CT molecular complexity index is 247. The van der Waals surface area contributed by atoms with E-state index in [1.165, 1.54) is 30.8 Å². The van der Waals surface area contributed by atoms with Crippen molar-refractivity contribution in [3.8, 4) is 0 Å². The second kappa shape index (κ2) is 5.41. The monoisotopic (exact) mass is 242 g/mol. The van der Waals surface area contributed by atoms with Gasteiger partial charge in [0.1, 0.15) is 0 Å². The molecular formula is C12H22N2OS. The van der Waals surface area contributed by atoms with Gasteiger partial charge >= 0.3 is 0 Å². The van der Waals surface area contributed by atoms with E-state index < -0.39 is 0 Å². The third-order valence-electron chi connectivity index (χ3n) is 3.79. The van der Waals surface area contributed by atoms with Gasteiger partial charge in [0.05, 0.1) is 0 Å². The Labute approximate surface area is 102 Å². The summed E-state index contributed by atoms with van der Waals surface area (Å²) in [6.07, 6.45) is 6.23. The lowest BCUT2D eigenvalue weighted by Crippen LogP contribution is -2.50. The van der Waals surface area contributed by atoms with E-state index in [0.29, 0.717) is 12.3 Å². The van der Waals surface area contributed by atoms with E-state index in [0.717, 1.165) is 19.4 Å². The van der Waals surface area contributed by atoms with Crippen molar-refractivity contribution >= 4 is 17.7 Å². The Morgan fingerprint density at radius 1 is 1.38 bits per heavy atom. The van der Waals surface area contributed by atoms with E-state index >= 15 is 0 Å². The van der Waals surface area contributed by atoms with E-state index in [-0.39, 0.29) is 11.4 Å². The highest BCUT2D eigenvalue weighted by atomic mass is 32.2. The van der Waals surface area contributed by atoms with Gasteiger partial charge < -0.3 is 11.1 Å². The Morgan fingerprint density at radius 3 is 2.62 bits per heavy atom. The van der Waals surface area contributed by atoms with Crippen molar-refractivity contribution in [2.24, 2.45) is 11.7 Å². The normalized spacial score (nSPS) is 24.8. The molecule has 0 spiro atoms. The van der Waals surface area contributed by atoms with Crippen LogP contribution in [-0.4, -0.2) is 29.5 Å². The molecule has 0 aromatic rings. The van der Waals surface area contributed by atoms with E-state index in [9.17, 15) is 4.79 Å². The Hall–Kier alpha value is -0.220. The Morgan fingerprint density at radius 2 is 2.06 bits per heavy atom. The van der Waals surface area contributed by atoms with Crippen LogP contribution in [0.1, 0.15) is 38.5 Å². The van der Waals surface area contributed by atoms with Gasteiger partial charge in [-0.3, -0.25) is 4.79 Å². The van der Waals surface area contributed by atoms with Gasteiger partial charge in [0.15, 0.2) is 0 Å². The Balaban J connectivity index is 1.63. The molecule has 2 aliphatic rings. The van der Waals surface area contributed by atoms with Crippen LogP contribution in [0.25, 0.3) is 0 Å². The maximum atomic E-state index is 11.7. The quantitative estimate of drug-likeness (QED) is 0.786. The van der Waals surface area contributed by atoms with Crippen LogP contribution < -0.4 is 11.1 Å². The third-order valence-corrected chi connectivity index (χ3v) is 4.84. The molecule has 0 aromatic heterocycles. The van der Waals surface area contributed by atoms with E-state index in [1.807, 2.05) is 11.8 Å². The van der Waals surface area contributed by atoms with Crippen molar-refractivity contribution in [2.45, 2.75) is 44.1 Å². The first-order valence-electron chi connectivity index (χ1n) is 6.31. The maximum Gasteiger partial charge on any atom is 0.221 e. The highest BCUT2D eigenvalue weighted by Gasteiger charge is 2.34. The minimum absolute atomic E-state index is 0.153. The molecule has 16 heavy (non-hydrogen) atoms. The molecule has 1 aliphatic carbocycles. The average molecular weight is 242 g/mol. The summed E-state index contributed by atoms with van der Waals surface area (Å²) in [6, 6.07) is 0. The first-order chi connectivity index (χ1) is 7.68. The van der Waals surface area contributed by atoms with Crippen LogP contribution in [0.3, 0.4) is 0 Å². The number of amides is 1. The molecule has 0 unspecified atom stereocenters. The summed E-state index contributed by atoms with van der Waals surface area (Å²) in [6.45, 7) is 0.857. The summed E-state index contributed by atoms with van der Waals surface area (Å²) in [7, 11) is 0. The molecule has 1 saturated carbocycles. The second-order valence-electron chi connectivity index (χ2n) is 5.25. The minimum atomic E-state index is -0.174. The minimum Gasteiger partial charge on any atom is -0.356 e. The highest BCUT2D eigenvalue weighted by molar-refractivity contribution is 7.99. The average Bonchev–Trinajstić information content (AvgIpc) is 2.26. The van der Waals surface area contributed by atoms with Crippen LogP contribution in [0.5, 0.6) is 0 Å². The number of thioether (sulfide) groups is 1. The smallest absolute Gasteiger partial charge is 0.221 e. The van der Waals surface area contributed by atoms with Gasteiger partial charge in [-0.2, -0.15) is 11.8 Å². The van der Waals surface area contributed by atoms with Gasteiger partial charge in [0.25, 0.3) is 0 Å². The molecule has 2 rings (SSSR count). The summed E-state index contributed by atoms with van der Waals surface area (Å²) < 4.78 is 0. The van der Waals surface area contributed by atoms with Crippen molar-refractivity contribution in [1.29, 1.82) is 0 Å². The lowest BCUT2D eigenvalue weighted by atomic mass is 9.75. The number of nitrogens with one attached hydrogen (secondary N) is 1. The molecule has 1 heterocycles. The number of hydrogen-bond donors (Lipinski definition) is 2. The van der Waals surface area contributed by atoms with Gasteiger partial charge in [-0.1, -0.05) is 0 Å². The molecule has 3 N–H and O–H groups in total. The first-order valence-corrected chi connectivity index (χ1v) is 7.47. The summed E-state index contributed by atoms with van der Waals surface area (Å²) >= 11 is 2.02. The standard InChI is InChI=1S/C12H22N2OS/c13-12(4-1-5-12)8-11(15)14-9-10-2-6-16-7-3-10/h10H,1-9,13H2,(H,14,15). The van der Waals surface area contributed by atoms with Crippen LogP contribution in [-0.2, 0) is 4.79 Å². The molecule has 0 bridgehead atoms. The molecule has 92 valence electrons. The number of nitrogens with two attached hydrogens (primary N) is 1. The lowest BCUT2D eigenvalue weighted by Gasteiger charge is -2.37. The summed E-state index contributed by atoms with van der Waals surface area (Å²) in [5.74, 6) is 3.35. The fraction of sp³-hybridized carbons (Fsp3) is 0.917. The zero-order valence-corrected chi connectivity index (χ0v) is 10.7. The molecule has 2 fully saturated rings. The van der Waals surface area contributed by atoms with E-state index in [4.69, 9.17) is 5.73 Å². The van der Waals surface area contributed by atoms with Gasteiger partial charge in [0, 0.05) is 18.5 Å². The van der Waals surface area contributed by atoms with Gasteiger partial charge in [0.2, 0.25) is 5.91 Å². The second-order valence-corrected chi connectivity index (χ2v) is 6.48. The molecule has 4 heteroatoms. The molecule has 1 amide bonds. The zero-order valence-electron chi connectivity index (χ0n) is 9.84. The predicted molar refractivity (Wildman–Crippen MR) is 68.4 cm³/mol. The molecule has 0 radical (unpaired) electrons. The maximum absolute atomic E-state index is 11.7. The fourth-order valence-corrected chi connectivity index (χ4v) is 3.60. The van der Waals surface area contributed by atoms with E-state index in [2.05, 4.69) is 5.32 Å². The number of rotatable bonds is 4. The fourth-order valence-electron chi connectivity index (χ4n) is 2.40. The number of carbonyl (C=O) groups is 1. The largest absolute Gasteiger partial charge is 0.356 e. The van der Waals surface area contributed by atoms with Gasteiger partial charge in [-0.15, -0.1) is 0 Å². The highest BCUT2D eigenvalue weighted by Crippen LogP contribution is 2.32. The summed E-state index contributed by atoms with van der Waals surface area (Å²) in [5.41, 5.74) is 5.87. The zero-order chi connectivity index (χ0) is 11.4. The van der Waals surface area contributed by atoms with Crippen LogP contribution in [0.2, 0.25) is 0 Å². The molecule has 1 aliphatic heterocycles. The van der Waals surface area contributed by atoms with Crippen molar-refractivity contribution in [1.82, 2.24) is 5.32 Å². The summed E-state index contributed by atoms with van der Waals surface area (Å²) in [4.78, 5) is 11.7. The van der Waals surface area contributed by atoms with E-state index in [1.54, 1.807) is 0 Å².